The highest BCUT2D eigenvalue weighted by atomic mass is 35.5. The summed E-state index contributed by atoms with van der Waals surface area (Å²) in [6.07, 6.45) is 2.20. The summed E-state index contributed by atoms with van der Waals surface area (Å²) in [5.74, 6) is 0.445. The molecule has 1 aromatic rings. The first-order chi connectivity index (χ1) is 9.02. The molecule has 20 heavy (non-hydrogen) atoms. The number of likely N-dealkylation sites (tertiary alicyclic amines) is 1. The molecule has 6 heteroatoms. The second-order valence-corrected chi connectivity index (χ2v) is 5.61. The van der Waals surface area contributed by atoms with Crippen molar-refractivity contribution in [2.45, 2.75) is 38.6 Å². The van der Waals surface area contributed by atoms with Crippen molar-refractivity contribution in [3.8, 4) is 0 Å². The molecule has 114 valence electrons. The second-order valence-electron chi connectivity index (χ2n) is 5.61. The van der Waals surface area contributed by atoms with Crippen molar-refractivity contribution in [1.82, 2.24) is 20.0 Å². The van der Waals surface area contributed by atoms with Gasteiger partial charge in [0.25, 0.3) is 5.91 Å². The molecule has 1 aliphatic heterocycles. The predicted octanol–water partition coefficient (Wildman–Crippen LogP) is 1.79. The van der Waals surface area contributed by atoms with Gasteiger partial charge < -0.3 is 10.2 Å². The van der Waals surface area contributed by atoms with Crippen molar-refractivity contribution >= 4 is 18.3 Å². The highest BCUT2D eigenvalue weighted by Crippen LogP contribution is 2.17. The van der Waals surface area contributed by atoms with Crippen LogP contribution in [0.2, 0.25) is 0 Å². The Bertz CT molecular complexity index is 458. The molecule has 0 aromatic carbocycles. The van der Waals surface area contributed by atoms with Crippen LogP contribution in [-0.4, -0.2) is 46.8 Å². The molecule has 0 bridgehead atoms. The molecule has 1 amide bonds. The van der Waals surface area contributed by atoms with E-state index in [0.717, 1.165) is 31.6 Å². The minimum atomic E-state index is 0. The fourth-order valence-electron chi connectivity index (χ4n) is 2.53. The number of nitrogens with one attached hydrogen (secondary N) is 1. The Morgan fingerprint density at radius 2 is 2.20 bits per heavy atom. The van der Waals surface area contributed by atoms with E-state index in [1.807, 2.05) is 25.1 Å². The number of hydrogen-bond acceptors (Lipinski definition) is 3. The van der Waals surface area contributed by atoms with E-state index >= 15 is 0 Å². The van der Waals surface area contributed by atoms with Crippen LogP contribution >= 0.6 is 12.4 Å². The van der Waals surface area contributed by atoms with E-state index in [1.165, 1.54) is 0 Å². The lowest BCUT2D eigenvalue weighted by Crippen LogP contribution is -2.47. The lowest BCUT2D eigenvalue weighted by molar-refractivity contribution is 0.0687. The average molecular weight is 301 g/mol. The number of amides is 1. The van der Waals surface area contributed by atoms with Crippen LogP contribution in [0.15, 0.2) is 6.07 Å². The first kappa shape index (κ1) is 17.0. The predicted molar refractivity (Wildman–Crippen MR) is 82.5 cm³/mol. The lowest BCUT2D eigenvalue weighted by atomic mass is 10.1. The third-order valence-corrected chi connectivity index (χ3v) is 3.83. The number of carbonyl (C=O) groups excluding carboxylic acids is 1. The van der Waals surface area contributed by atoms with Gasteiger partial charge in [0.1, 0.15) is 5.69 Å². The Morgan fingerprint density at radius 1 is 1.50 bits per heavy atom. The lowest BCUT2D eigenvalue weighted by Gasteiger charge is -2.32. The van der Waals surface area contributed by atoms with Gasteiger partial charge in [-0.15, -0.1) is 12.4 Å². The number of likely N-dealkylation sites (N-methyl/N-ethyl adjacent to an activating group) is 1. The normalized spacial score (nSPS) is 19.1. The molecule has 1 saturated heterocycles. The van der Waals surface area contributed by atoms with E-state index in [9.17, 15) is 4.79 Å². The molecule has 1 atom stereocenters. The minimum Gasteiger partial charge on any atom is -0.336 e. The molecule has 0 spiro atoms. The number of piperidine rings is 1. The zero-order valence-electron chi connectivity index (χ0n) is 12.7. The van der Waals surface area contributed by atoms with Gasteiger partial charge in [-0.25, -0.2) is 0 Å². The average Bonchev–Trinajstić information content (AvgIpc) is 2.80. The van der Waals surface area contributed by atoms with Gasteiger partial charge in [0, 0.05) is 26.2 Å². The topological polar surface area (TPSA) is 50.2 Å². The van der Waals surface area contributed by atoms with Crippen LogP contribution in [0.3, 0.4) is 0 Å². The van der Waals surface area contributed by atoms with Crippen LogP contribution in [0.25, 0.3) is 0 Å². The van der Waals surface area contributed by atoms with Gasteiger partial charge in [0.05, 0.1) is 5.69 Å². The van der Waals surface area contributed by atoms with Gasteiger partial charge in [-0.3, -0.25) is 9.48 Å². The second kappa shape index (κ2) is 7.09. The molecule has 5 nitrogen and oxygen atoms in total. The zero-order valence-corrected chi connectivity index (χ0v) is 13.5. The van der Waals surface area contributed by atoms with Gasteiger partial charge >= 0.3 is 0 Å². The number of aryl methyl sites for hydroxylation is 1. The Hall–Kier alpha value is -1.07. The number of rotatable bonds is 3. The molecule has 1 unspecified atom stereocenters. The summed E-state index contributed by atoms with van der Waals surface area (Å²) in [5, 5.41) is 7.68. The first-order valence-corrected chi connectivity index (χ1v) is 7.03. The number of carbonyl (C=O) groups is 1. The van der Waals surface area contributed by atoms with Crippen LogP contribution in [0.4, 0.5) is 0 Å². The maximum atomic E-state index is 12.6. The van der Waals surface area contributed by atoms with Crippen LogP contribution < -0.4 is 5.32 Å². The maximum Gasteiger partial charge on any atom is 0.272 e. The Balaban J connectivity index is 0.00000200. The molecule has 0 radical (unpaired) electrons. The largest absolute Gasteiger partial charge is 0.336 e. The summed E-state index contributed by atoms with van der Waals surface area (Å²) in [6.45, 7) is 5.82. The smallest absolute Gasteiger partial charge is 0.272 e. The number of nitrogens with zero attached hydrogens (tertiary/aromatic N) is 3. The molecular formula is C14H25ClN4O. The summed E-state index contributed by atoms with van der Waals surface area (Å²) in [7, 11) is 3.80. The molecule has 1 N–H and O–H groups in total. The van der Waals surface area contributed by atoms with Crippen LogP contribution in [0, 0.1) is 0 Å². The van der Waals surface area contributed by atoms with Gasteiger partial charge in [0.15, 0.2) is 0 Å². The summed E-state index contributed by atoms with van der Waals surface area (Å²) in [4.78, 5) is 14.5. The highest BCUT2D eigenvalue weighted by Gasteiger charge is 2.26. The highest BCUT2D eigenvalue weighted by molar-refractivity contribution is 5.92. The summed E-state index contributed by atoms with van der Waals surface area (Å²) >= 11 is 0. The molecule has 1 fully saturated rings. The molecule has 0 saturated carbocycles. The van der Waals surface area contributed by atoms with Gasteiger partial charge in [-0.05, 0) is 31.9 Å². The Morgan fingerprint density at radius 3 is 2.75 bits per heavy atom. The summed E-state index contributed by atoms with van der Waals surface area (Å²) < 4.78 is 1.71. The van der Waals surface area contributed by atoms with Crippen molar-refractivity contribution in [3.63, 3.8) is 0 Å². The van der Waals surface area contributed by atoms with Crippen LogP contribution in [0.1, 0.15) is 48.8 Å². The van der Waals surface area contributed by atoms with Gasteiger partial charge in [-0.1, -0.05) is 13.8 Å². The third-order valence-electron chi connectivity index (χ3n) is 3.83. The SMILES string of the molecule is CNC1CCCN(C(=O)c2cc(C(C)C)nn2C)C1.Cl. The Kier molecular flexibility index (Phi) is 6.02. The number of halogens is 1. The van der Waals surface area contributed by atoms with E-state index in [-0.39, 0.29) is 18.3 Å². The molecule has 1 aromatic heterocycles. The molecule has 2 heterocycles. The van der Waals surface area contributed by atoms with Crippen molar-refractivity contribution < 1.29 is 4.79 Å². The number of aromatic nitrogens is 2. The van der Waals surface area contributed by atoms with E-state index in [2.05, 4.69) is 24.3 Å². The molecular weight excluding hydrogens is 276 g/mol. The van der Waals surface area contributed by atoms with Crippen molar-refractivity contribution in [2.24, 2.45) is 7.05 Å². The van der Waals surface area contributed by atoms with E-state index in [4.69, 9.17) is 0 Å². The summed E-state index contributed by atoms with van der Waals surface area (Å²) in [6, 6.07) is 2.34. The monoisotopic (exact) mass is 300 g/mol. The van der Waals surface area contributed by atoms with Gasteiger partial charge in [0.2, 0.25) is 0 Å². The third kappa shape index (κ3) is 3.52. The molecule has 0 aliphatic carbocycles. The maximum absolute atomic E-state index is 12.6. The van der Waals surface area contributed by atoms with Crippen LogP contribution in [0.5, 0.6) is 0 Å². The summed E-state index contributed by atoms with van der Waals surface area (Å²) in [5.41, 5.74) is 1.67. The van der Waals surface area contributed by atoms with Crippen LogP contribution in [-0.2, 0) is 7.05 Å². The Labute approximate surface area is 127 Å². The molecule has 2 rings (SSSR count). The molecule has 1 aliphatic rings. The first-order valence-electron chi connectivity index (χ1n) is 7.03. The minimum absolute atomic E-state index is 0. The fraction of sp³-hybridized carbons (Fsp3) is 0.714. The van der Waals surface area contributed by atoms with Gasteiger partial charge in [-0.2, -0.15) is 5.10 Å². The standard InChI is InChI=1S/C14H24N4O.ClH/c1-10(2)12-8-13(17(4)16-12)14(19)18-7-5-6-11(9-18)15-3;/h8,10-11,15H,5-7,9H2,1-4H3;1H. The van der Waals surface area contributed by atoms with E-state index < -0.39 is 0 Å². The number of hydrogen-bond donors (Lipinski definition) is 1. The van der Waals surface area contributed by atoms with Crippen molar-refractivity contribution in [2.75, 3.05) is 20.1 Å². The van der Waals surface area contributed by atoms with Crippen molar-refractivity contribution in [3.05, 3.63) is 17.5 Å². The van der Waals surface area contributed by atoms with Crippen molar-refractivity contribution in [1.29, 1.82) is 0 Å². The quantitative estimate of drug-likeness (QED) is 0.926. The zero-order chi connectivity index (χ0) is 14.0. The fourth-order valence-corrected chi connectivity index (χ4v) is 2.53. The van der Waals surface area contributed by atoms with E-state index in [1.54, 1.807) is 4.68 Å². The van der Waals surface area contributed by atoms with E-state index in [0.29, 0.717) is 17.7 Å².